The minimum absolute atomic E-state index is 0.492. The molecule has 66 valence electrons. The lowest BCUT2D eigenvalue weighted by Crippen LogP contribution is -2.06. The van der Waals surface area contributed by atoms with Crippen LogP contribution < -0.4 is 5.48 Å². The van der Waals surface area contributed by atoms with Crippen molar-refractivity contribution >= 4 is 15.9 Å². The second-order valence-electron chi connectivity index (χ2n) is 2.66. The first-order chi connectivity index (χ1) is 5.76. The zero-order valence-corrected chi connectivity index (χ0v) is 8.56. The average Bonchev–Trinajstić information content (AvgIpc) is 2.04. The summed E-state index contributed by atoms with van der Waals surface area (Å²) in [5.41, 5.74) is 4.50. The van der Waals surface area contributed by atoms with Crippen molar-refractivity contribution in [3.8, 4) is 0 Å². The standard InChI is InChI=1S/C9H12BrNO/c1-2-7-3-8(6-11-12)5-9(10)4-7/h3-5,11-12H,2,6H2,1H3. The van der Waals surface area contributed by atoms with E-state index in [1.54, 1.807) is 0 Å². The van der Waals surface area contributed by atoms with Crippen molar-refractivity contribution < 1.29 is 5.21 Å². The summed E-state index contributed by atoms with van der Waals surface area (Å²) >= 11 is 3.41. The maximum absolute atomic E-state index is 8.51. The summed E-state index contributed by atoms with van der Waals surface area (Å²) in [7, 11) is 0. The van der Waals surface area contributed by atoms with E-state index in [0.29, 0.717) is 6.54 Å². The number of hydrogen-bond acceptors (Lipinski definition) is 2. The van der Waals surface area contributed by atoms with Crippen LogP contribution in [0.2, 0.25) is 0 Å². The smallest absolute Gasteiger partial charge is 0.0458 e. The Hall–Kier alpha value is -0.380. The first-order valence-electron chi connectivity index (χ1n) is 3.91. The van der Waals surface area contributed by atoms with E-state index in [1.165, 1.54) is 5.56 Å². The molecule has 0 aliphatic carbocycles. The van der Waals surface area contributed by atoms with Gasteiger partial charge in [-0.3, -0.25) is 0 Å². The molecule has 2 N–H and O–H groups in total. The highest BCUT2D eigenvalue weighted by Crippen LogP contribution is 2.16. The second kappa shape index (κ2) is 4.60. The Kier molecular flexibility index (Phi) is 3.72. The van der Waals surface area contributed by atoms with E-state index in [-0.39, 0.29) is 0 Å². The topological polar surface area (TPSA) is 32.3 Å². The Morgan fingerprint density at radius 3 is 2.58 bits per heavy atom. The van der Waals surface area contributed by atoms with Crippen molar-refractivity contribution in [1.82, 2.24) is 5.48 Å². The van der Waals surface area contributed by atoms with Gasteiger partial charge in [0, 0.05) is 11.0 Å². The minimum atomic E-state index is 0.492. The lowest BCUT2D eigenvalue weighted by molar-refractivity contribution is 0.161. The monoisotopic (exact) mass is 229 g/mol. The average molecular weight is 230 g/mol. The van der Waals surface area contributed by atoms with Crippen LogP contribution in [0.1, 0.15) is 18.1 Å². The summed E-state index contributed by atoms with van der Waals surface area (Å²) in [5, 5.41) is 8.51. The molecule has 12 heavy (non-hydrogen) atoms. The molecule has 1 aromatic rings. The van der Waals surface area contributed by atoms with E-state index >= 15 is 0 Å². The molecule has 0 bridgehead atoms. The van der Waals surface area contributed by atoms with Crippen molar-refractivity contribution in [1.29, 1.82) is 0 Å². The lowest BCUT2D eigenvalue weighted by atomic mass is 10.1. The highest BCUT2D eigenvalue weighted by molar-refractivity contribution is 9.10. The second-order valence-corrected chi connectivity index (χ2v) is 3.57. The van der Waals surface area contributed by atoms with Crippen molar-refractivity contribution in [3.63, 3.8) is 0 Å². The highest BCUT2D eigenvalue weighted by atomic mass is 79.9. The molecule has 0 fully saturated rings. The fourth-order valence-electron chi connectivity index (χ4n) is 1.11. The first kappa shape index (κ1) is 9.71. The number of benzene rings is 1. The summed E-state index contributed by atoms with van der Waals surface area (Å²) in [6, 6.07) is 6.15. The van der Waals surface area contributed by atoms with Crippen molar-refractivity contribution in [3.05, 3.63) is 33.8 Å². The van der Waals surface area contributed by atoms with E-state index in [1.807, 2.05) is 6.07 Å². The molecule has 0 saturated carbocycles. The Labute approximate surface area is 80.7 Å². The zero-order valence-electron chi connectivity index (χ0n) is 6.97. The third-order valence-electron chi connectivity index (χ3n) is 1.71. The van der Waals surface area contributed by atoms with Gasteiger partial charge in [-0.2, -0.15) is 0 Å². The summed E-state index contributed by atoms with van der Waals surface area (Å²) in [5.74, 6) is 0. The Morgan fingerprint density at radius 1 is 1.33 bits per heavy atom. The van der Waals surface area contributed by atoms with Gasteiger partial charge in [-0.25, -0.2) is 5.48 Å². The number of nitrogens with one attached hydrogen (secondary N) is 1. The number of hydroxylamine groups is 1. The largest absolute Gasteiger partial charge is 0.316 e. The first-order valence-corrected chi connectivity index (χ1v) is 4.71. The van der Waals surface area contributed by atoms with E-state index in [9.17, 15) is 0 Å². The van der Waals surface area contributed by atoms with E-state index < -0.39 is 0 Å². The summed E-state index contributed by atoms with van der Waals surface area (Å²) in [6.45, 7) is 2.60. The lowest BCUT2D eigenvalue weighted by Gasteiger charge is -2.03. The van der Waals surface area contributed by atoms with Crippen LogP contribution in [0.4, 0.5) is 0 Å². The van der Waals surface area contributed by atoms with Gasteiger partial charge in [0.15, 0.2) is 0 Å². The molecule has 1 aromatic carbocycles. The Bertz CT molecular complexity index is 263. The van der Waals surface area contributed by atoms with Gasteiger partial charge in [-0.15, -0.1) is 0 Å². The third-order valence-corrected chi connectivity index (χ3v) is 2.17. The number of hydrogen-bond donors (Lipinski definition) is 2. The fraction of sp³-hybridized carbons (Fsp3) is 0.333. The third kappa shape index (κ3) is 2.59. The van der Waals surface area contributed by atoms with Crippen LogP contribution in [0.25, 0.3) is 0 Å². The van der Waals surface area contributed by atoms with Crippen LogP contribution in [-0.4, -0.2) is 5.21 Å². The van der Waals surface area contributed by atoms with E-state index in [2.05, 4.69) is 40.5 Å². The molecule has 1 rings (SSSR count). The summed E-state index contributed by atoms with van der Waals surface area (Å²) in [6.07, 6.45) is 1.01. The normalized spacial score (nSPS) is 10.2. The minimum Gasteiger partial charge on any atom is -0.316 e. The summed E-state index contributed by atoms with van der Waals surface area (Å²) < 4.78 is 1.06. The van der Waals surface area contributed by atoms with Crippen LogP contribution in [0, 0.1) is 0 Å². The van der Waals surface area contributed by atoms with Crippen LogP contribution in [0.5, 0.6) is 0 Å². The predicted octanol–water partition coefficient (Wildman–Crippen LogP) is 2.49. The van der Waals surface area contributed by atoms with Gasteiger partial charge >= 0.3 is 0 Å². The van der Waals surface area contributed by atoms with Gasteiger partial charge in [0.2, 0.25) is 0 Å². The molecular formula is C9H12BrNO. The van der Waals surface area contributed by atoms with Crippen LogP contribution >= 0.6 is 15.9 Å². The van der Waals surface area contributed by atoms with Crippen LogP contribution in [-0.2, 0) is 13.0 Å². The van der Waals surface area contributed by atoms with Crippen LogP contribution in [0.3, 0.4) is 0 Å². The van der Waals surface area contributed by atoms with Gasteiger partial charge in [-0.05, 0) is 29.7 Å². The SMILES string of the molecule is CCc1cc(Br)cc(CNO)c1. The molecule has 0 unspecified atom stereocenters. The molecule has 0 aliphatic rings. The van der Waals surface area contributed by atoms with Gasteiger partial charge in [0.1, 0.15) is 0 Å². The quantitative estimate of drug-likeness (QED) is 0.782. The molecule has 0 saturated heterocycles. The Balaban J connectivity index is 2.90. The van der Waals surface area contributed by atoms with Crippen LogP contribution in [0.15, 0.2) is 22.7 Å². The number of halogens is 1. The number of aryl methyl sites for hydroxylation is 1. The Morgan fingerprint density at radius 2 is 2.00 bits per heavy atom. The van der Waals surface area contributed by atoms with E-state index in [0.717, 1.165) is 16.5 Å². The maximum Gasteiger partial charge on any atom is 0.0458 e. The molecule has 0 radical (unpaired) electrons. The molecule has 0 aliphatic heterocycles. The van der Waals surface area contributed by atoms with E-state index in [4.69, 9.17) is 5.21 Å². The molecule has 3 heteroatoms. The van der Waals surface area contributed by atoms with Crippen molar-refractivity contribution in [2.24, 2.45) is 0 Å². The molecule has 0 amide bonds. The number of rotatable bonds is 3. The van der Waals surface area contributed by atoms with Gasteiger partial charge in [-0.1, -0.05) is 28.9 Å². The molecule has 0 heterocycles. The van der Waals surface area contributed by atoms with Crippen molar-refractivity contribution in [2.45, 2.75) is 19.9 Å². The fourth-order valence-corrected chi connectivity index (χ4v) is 1.70. The molecule has 2 nitrogen and oxygen atoms in total. The molecule has 0 aromatic heterocycles. The molecular weight excluding hydrogens is 218 g/mol. The summed E-state index contributed by atoms with van der Waals surface area (Å²) in [4.78, 5) is 0. The van der Waals surface area contributed by atoms with Gasteiger partial charge in [0.05, 0.1) is 0 Å². The molecule has 0 atom stereocenters. The van der Waals surface area contributed by atoms with Gasteiger partial charge < -0.3 is 5.21 Å². The predicted molar refractivity (Wildman–Crippen MR) is 52.1 cm³/mol. The maximum atomic E-state index is 8.51. The highest BCUT2D eigenvalue weighted by Gasteiger charge is 1.96. The van der Waals surface area contributed by atoms with Gasteiger partial charge in [0.25, 0.3) is 0 Å². The zero-order chi connectivity index (χ0) is 8.97. The molecule has 0 spiro atoms. The van der Waals surface area contributed by atoms with Crippen molar-refractivity contribution in [2.75, 3.05) is 0 Å².